The summed E-state index contributed by atoms with van der Waals surface area (Å²) in [7, 11) is 0. The fraction of sp³-hybridized carbons (Fsp3) is 0.222. The Hall–Kier alpha value is -2.86. The van der Waals surface area contributed by atoms with E-state index in [1.165, 1.54) is 0 Å². The molecule has 2 aromatic rings. The van der Waals surface area contributed by atoms with E-state index in [1.54, 1.807) is 36.4 Å². The molecule has 0 aromatic heterocycles. The number of aliphatic hydroxyl groups excluding tert-OH is 1. The fourth-order valence-electron chi connectivity index (χ4n) is 2.54. The van der Waals surface area contributed by atoms with Crippen molar-refractivity contribution in [1.29, 1.82) is 0 Å². The van der Waals surface area contributed by atoms with E-state index in [-0.39, 0.29) is 19.1 Å². The first kappa shape index (κ1) is 16.0. The lowest BCUT2D eigenvalue weighted by molar-refractivity contribution is -0.128. The maximum absolute atomic E-state index is 12.4. The third-order valence-corrected chi connectivity index (χ3v) is 3.74. The molecular formula is C18H18N2O4. The zero-order valence-corrected chi connectivity index (χ0v) is 13.0. The van der Waals surface area contributed by atoms with Gasteiger partial charge in [-0.1, -0.05) is 48.5 Å². The Morgan fingerprint density at radius 3 is 2.33 bits per heavy atom. The van der Waals surface area contributed by atoms with Crippen molar-refractivity contribution in [1.82, 2.24) is 10.2 Å². The van der Waals surface area contributed by atoms with Crippen LogP contribution in [0.4, 0.5) is 4.79 Å². The van der Waals surface area contributed by atoms with Gasteiger partial charge in [0.15, 0.2) is 0 Å². The number of amides is 3. The molecule has 1 saturated heterocycles. The van der Waals surface area contributed by atoms with Crippen molar-refractivity contribution in [2.45, 2.75) is 12.1 Å². The summed E-state index contributed by atoms with van der Waals surface area (Å²) < 4.78 is 5.44. The standard InChI is InChI=1S/C18H18N2O4/c21-14(12-24-15-9-5-2-6-10-15)11-20-17(22)16(19-18(20)23)13-7-3-1-4-8-13/h1-10,14,16,21H,11-12H2,(H,19,23). The van der Waals surface area contributed by atoms with Crippen LogP contribution in [0.2, 0.25) is 0 Å². The third-order valence-electron chi connectivity index (χ3n) is 3.74. The lowest BCUT2D eigenvalue weighted by Gasteiger charge is -2.18. The first-order chi connectivity index (χ1) is 11.6. The van der Waals surface area contributed by atoms with Crippen LogP contribution in [0.15, 0.2) is 60.7 Å². The predicted octanol–water partition coefficient (Wildman–Crippen LogP) is 1.72. The van der Waals surface area contributed by atoms with Gasteiger partial charge in [0, 0.05) is 0 Å². The van der Waals surface area contributed by atoms with Crippen molar-refractivity contribution >= 4 is 11.9 Å². The van der Waals surface area contributed by atoms with Crippen molar-refractivity contribution in [2.75, 3.05) is 13.2 Å². The second kappa shape index (κ2) is 7.14. The molecule has 3 amide bonds. The van der Waals surface area contributed by atoms with E-state index in [9.17, 15) is 14.7 Å². The summed E-state index contributed by atoms with van der Waals surface area (Å²) in [5, 5.41) is 12.7. The van der Waals surface area contributed by atoms with Gasteiger partial charge in [-0.15, -0.1) is 0 Å². The zero-order valence-electron chi connectivity index (χ0n) is 13.0. The van der Waals surface area contributed by atoms with Crippen LogP contribution in [0.25, 0.3) is 0 Å². The fourth-order valence-corrected chi connectivity index (χ4v) is 2.54. The molecule has 2 unspecified atom stereocenters. The van der Waals surface area contributed by atoms with Crippen LogP contribution in [0.3, 0.4) is 0 Å². The van der Waals surface area contributed by atoms with Gasteiger partial charge in [0.25, 0.3) is 5.91 Å². The highest BCUT2D eigenvalue weighted by Gasteiger charge is 2.39. The van der Waals surface area contributed by atoms with Gasteiger partial charge in [0.1, 0.15) is 24.5 Å². The summed E-state index contributed by atoms with van der Waals surface area (Å²) in [5.74, 6) is 0.251. The van der Waals surface area contributed by atoms with E-state index in [2.05, 4.69) is 5.32 Å². The number of carbonyl (C=O) groups excluding carboxylic acids is 2. The summed E-state index contributed by atoms with van der Waals surface area (Å²) >= 11 is 0. The minimum absolute atomic E-state index is 0.00290. The minimum Gasteiger partial charge on any atom is -0.491 e. The molecule has 3 rings (SSSR count). The molecule has 1 aliphatic rings. The molecule has 2 N–H and O–H groups in total. The van der Waals surface area contributed by atoms with Gasteiger partial charge in [-0.25, -0.2) is 4.79 Å². The highest BCUT2D eigenvalue weighted by atomic mass is 16.5. The number of β-amino-alcohol motifs (C(OH)–C–C–N with tert-alkyl or cyclic N) is 1. The molecule has 6 heteroatoms. The molecule has 6 nitrogen and oxygen atoms in total. The Morgan fingerprint density at radius 2 is 1.67 bits per heavy atom. The van der Waals surface area contributed by atoms with Crippen LogP contribution in [0.1, 0.15) is 11.6 Å². The number of hydrogen-bond donors (Lipinski definition) is 2. The van der Waals surface area contributed by atoms with E-state index in [0.717, 1.165) is 4.90 Å². The molecule has 0 aliphatic carbocycles. The monoisotopic (exact) mass is 326 g/mol. The quantitative estimate of drug-likeness (QED) is 0.792. The Labute approximate surface area is 139 Å². The van der Waals surface area contributed by atoms with Crippen molar-refractivity contribution in [3.8, 4) is 5.75 Å². The van der Waals surface area contributed by atoms with Gasteiger partial charge in [0.2, 0.25) is 0 Å². The number of urea groups is 1. The molecule has 2 aromatic carbocycles. The lowest BCUT2D eigenvalue weighted by atomic mass is 10.1. The van der Waals surface area contributed by atoms with Gasteiger partial charge in [0.05, 0.1) is 6.54 Å². The molecule has 0 saturated carbocycles. The average molecular weight is 326 g/mol. The minimum atomic E-state index is -0.963. The zero-order chi connectivity index (χ0) is 16.9. The number of para-hydroxylation sites is 1. The number of hydrogen-bond acceptors (Lipinski definition) is 4. The Balaban J connectivity index is 1.58. The number of nitrogens with one attached hydrogen (secondary N) is 1. The summed E-state index contributed by atoms with van der Waals surface area (Å²) in [6.45, 7) is -0.113. The van der Waals surface area contributed by atoms with Crippen LogP contribution in [0, 0.1) is 0 Å². The number of imide groups is 1. The second-order valence-electron chi connectivity index (χ2n) is 5.52. The van der Waals surface area contributed by atoms with Crippen LogP contribution in [-0.4, -0.2) is 41.2 Å². The SMILES string of the molecule is O=C1NC(c2ccccc2)C(=O)N1CC(O)COc1ccccc1. The molecule has 2 atom stereocenters. The molecule has 0 radical (unpaired) electrons. The number of ether oxygens (including phenoxy) is 1. The van der Waals surface area contributed by atoms with Gasteiger partial charge >= 0.3 is 6.03 Å². The highest BCUT2D eigenvalue weighted by Crippen LogP contribution is 2.21. The normalized spacial score (nSPS) is 18.4. The predicted molar refractivity (Wildman–Crippen MR) is 87.4 cm³/mol. The van der Waals surface area contributed by atoms with Crippen molar-refractivity contribution in [3.05, 3.63) is 66.2 Å². The summed E-state index contributed by atoms with van der Waals surface area (Å²) in [6.07, 6.45) is -0.963. The van der Waals surface area contributed by atoms with Gasteiger partial charge in [-0.3, -0.25) is 9.69 Å². The molecule has 24 heavy (non-hydrogen) atoms. The van der Waals surface area contributed by atoms with E-state index >= 15 is 0 Å². The van der Waals surface area contributed by atoms with Crippen molar-refractivity contribution < 1.29 is 19.4 Å². The van der Waals surface area contributed by atoms with E-state index < -0.39 is 18.2 Å². The van der Waals surface area contributed by atoms with Gasteiger partial charge < -0.3 is 15.2 Å². The molecular weight excluding hydrogens is 308 g/mol. The number of nitrogens with zero attached hydrogens (tertiary/aromatic N) is 1. The van der Waals surface area contributed by atoms with Gasteiger partial charge in [-0.2, -0.15) is 0 Å². The summed E-state index contributed by atoms with van der Waals surface area (Å²) in [5.41, 5.74) is 0.716. The maximum Gasteiger partial charge on any atom is 0.325 e. The highest BCUT2D eigenvalue weighted by molar-refractivity contribution is 6.04. The van der Waals surface area contributed by atoms with E-state index in [4.69, 9.17) is 4.74 Å². The van der Waals surface area contributed by atoms with Crippen LogP contribution < -0.4 is 10.1 Å². The number of rotatable bonds is 6. The van der Waals surface area contributed by atoms with Crippen molar-refractivity contribution in [3.63, 3.8) is 0 Å². The number of benzene rings is 2. The Kier molecular flexibility index (Phi) is 4.77. The molecule has 0 bridgehead atoms. The van der Waals surface area contributed by atoms with Crippen LogP contribution in [0.5, 0.6) is 5.75 Å². The third kappa shape index (κ3) is 3.55. The number of carbonyl (C=O) groups is 2. The van der Waals surface area contributed by atoms with E-state index in [0.29, 0.717) is 11.3 Å². The first-order valence-electron chi connectivity index (χ1n) is 7.68. The topological polar surface area (TPSA) is 78.9 Å². The average Bonchev–Trinajstić information content (AvgIpc) is 2.90. The van der Waals surface area contributed by atoms with Crippen molar-refractivity contribution in [2.24, 2.45) is 0 Å². The first-order valence-corrected chi connectivity index (χ1v) is 7.68. The van der Waals surface area contributed by atoms with Gasteiger partial charge in [-0.05, 0) is 17.7 Å². The molecule has 124 valence electrons. The Morgan fingerprint density at radius 1 is 1.04 bits per heavy atom. The maximum atomic E-state index is 12.4. The Bertz CT molecular complexity index is 705. The summed E-state index contributed by atoms with van der Waals surface area (Å²) in [4.78, 5) is 25.5. The molecule has 1 heterocycles. The molecule has 0 spiro atoms. The summed E-state index contributed by atoms with van der Waals surface area (Å²) in [6, 6.07) is 16.8. The lowest BCUT2D eigenvalue weighted by Crippen LogP contribution is -2.39. The van der Waals surface area contributed by atoms with Crippen LogP contribution in [-0.2, 0) is 4.79 Å². The smallest absolute Gasteiger partial charge is 0.325 e. The number of aliphatic hydroxyl groups is 1. The molecule has 1 fully saturated rings. The van der Waals surface area contributed by atoms with Crippen LogP contribution >= 0.6 is 0 Å². The van der Waals surface area contributed by atoms with E-state index in [1.807, 2.05) is 24.3 Å². The largest absolute Gasteiger partial charge is 0.491 e. The second-order valence-corrected chi connectivity index (χ2v) is 5.52. The molecule has 1 aliphatic heterocycles.